The van der Waals surface area contributed by atoms with Gasteiger partial charge in [0, 0.05) is 31.6 Å². The van der Waals surface area contributed by atoms with Crippen LogP contribution >= 0.6 is 0 Å². The zero-order valence-corrected chi connectivity index (χ0v) is 13.8. The topological polar surface area (TPSA) is 75.6 Å². The van der Waals surface area contributed by atoms with E-state index in [1.54, 1.807) is 18.4 Å². The quantitative estimate of drug-likeness (QED) is 0.862. The maximum atomic E-state index is 12.3. The van der Waals surface area contributed by atoms with Crippen molar-refractivity contribution < 1.29 is 13.7 Å². The van der Waals surface area contributed by atoms with Crippen molar-refractivity contribution in [1.29, 1.82) is 0 Å². The molecule has 7 heteroatoms. The van der Waals surface area contributed by atoms with E-state index in [4.69, 9.17) is 8.94 Å². The number of hydrogen-bond donors (Lipinski definition) is 0. The van der Waals surface area contributed by atoms with Crippen LogP contribution in [0.4, 0.5) is 0 Å². The van der Waals surface area contributed by atoms with Crippen LogP contribution in [-0.4, -0.2) is 52.0 Å². The molecule has 2 aromatic rings. The smallest absolute Gasteiger partial charge is 0.241 e. The highest BCUT2D eigenvalue weighted by Crippen LogP contribution is 2.20. The molecule has 0 unspecified atom stereocenters. The highest BCUT2D eigenvalue weighted by atomic mass is 16.5. The third-order valence-corrected chi connectivity index (χ3v) is 3.87. The zero-order chi connectivity index (χ0) is 16.4. The van der Waals surface area contributed by atoms with Crippen LogP contribution in [0.5, 0.6) is 0 Å². The fourth-order valence-corrected chi connectivity index (χ4v) is 2.60. The molecule has 0 spiro atoms. The Kier molecular flexibility index (Phi) is 4.21. The van der Waals surface area contributed by atoms with Crippen molar-refractivity contribution in [2.24, 2.45) is 5.41 Å². The van der Waals surface area contributed by atoms with Crippen LogP contribution in [0.2, 0.25) is 0 Å². The van der Waals surface area contributed by atoms with Gasteiger partial charge in [-0.2, -0.15) is 4.98 Å². The highest BCUT2D eigenvalue weighted by molar-refractivity contribution is 5.81. The monoisotopic (exact) mass is 318 g/mol. The maximum Gasteiger partial charge on any atom is 0.241 e. The van der Waals surface area contributed by atoms with E-state index in [0.717, 1.165) is 26.2 Å². The van der Waals surface area contributed by atoms with Gasteiger partial charge in [0.1, 0.15) is 0 Å². The summed E-state index contributed by atoms with van der Waals surface area (Å²) in [4.78, 5) is 20.8. The van der Waals surface area contributed by atoms with Crippen molar-refractivity contribution in [2.75, 3.05) is 26.2 Å². The minimum atomic E-state index is -0.327. The van der Waals surface area contributed by atoms with Crippen molar-refractivity contribution in [2.45, 2.75) is 27.3 Å². The molecule has 2 aromatic heterocycles. The Hall–Kier alpha value is -2.15. The lowest BCUT2D eigenvalue weighted by Gasteiger charge is -2.37. The van der Waals surface area contributed by atoms with Crippen molar-refractivity contribution in [1.82, 2.24) is 19.9 Å². The predicted molar refractivity (Wildman–Crippen MR) is 83.3 cm³/mol. The molecule has 1 aliphatic heterocycles. The molecule has 23 heavy (non-hydrogen) atoms. The average Bonchev–Trinajstić information content (AvgIpc) is 3.17. The number of hydrogen-bond acceptors (Lipinski definition) is 6. The predicted octanol–water partition coefficient (Wildman–Crippen LogP) is 2.02. The van der Waals surface area contributed by atoms with E-state index in [0.29, 0.717) is 24.0 Å². The third kappa shape index (κ3) is 3.61. The Labute approximate surface area is 135 Å². The summed E-state index contributed by atoms with van der Waals surface area (Å²) in [7, 11) is 0. The van der Waals surface area contributed by atoms with E-state index < -0.39 is 0 Å². The standard InChI is InChI=1S/C16H22N4O3/c1-16(2,3)15(21)20-8-6-19(7-9-20)11-13-17-14(18-23-13)12-5-4-10-22-12/h4-5,10H,6-9,11H2,1-3H3. The van der Waals surface area contributed by atoms with Gasteiger partial charge in [-0.05, 0) is 12.1 Å². The van der Waals surface area contributed by atoms with E-state index in [2.05, 4.69) is 15.0 Å². The maximum absolute atomic E-state index is 12.3. The van der Waals surface area contributed by atoms with Crippen LogP contribution in [0.1, 0.15) is 26.7 Å². The fourth-order valence-electron chi connectivity index (χ4n) is 2.60. The van der Waals surface area contributed by atoms with Crippen LogP contribution in [0.25, 0.3) is 11.6 Å². The Morgan fingerprint density at radius 1 is 1.26 bits per heavy atom. The summed E-state index contributed by atoms with van der Waals surface area (Å²) < 4.78 is 10.5. The molecule has 1 amide bonds. The van der Waals surface area contributed by atoms with Gasteiger partial charge in [-0.15, -0.1) is 0 Å². The number of rotatable bonds is 3. The van der Waals surface area contributed by atoms with Crippen molar-refractivity contribution in [3.8, 4) is 11.6 Å². The van der Waals surface area contributed by atoms with Crippen LogP contribution in [0, 0.1) is 5.41 Å². The van der Waals surface area contributed by atoms with Crippen molar-refractivity contribution >= 4 is 5.91 Å². The second-order valence-electron chi connectivity index (χ2n) is 6.81. The molecule has 0 saturated carbocycles. The second-order valence-corrected chi connectivity index (χ2v) is 6.81. The molecule has 0 N–H and O–H groups in total. The minimum Gasteiger partial charge on any atom is -0.461 e. The van der Waals surface area contributed by atoms with E-state index in [1.807, 2.05) is 25.7 Å². The summed E-state index contributed by atoms with van der Waals surface area (Å²) in [5.74, 6) is 1.83. The van der Waals surface area contributed by atoms with Crippen molar-refractivity contribution in [3.05, 3.63) is 24.3 Å². The number of amides is 1. The summed E-state index contributed by atoms with van der Waals surface area (Å²) in [5.41, 5.74) is -0.327. The van der Waals surface area contributed by atoms with E-state index in [9.17, 15) is 4.79 Å². The number of furan rings is 1. The molecule has 0 aromatic carbocycles. The summed E-state index contributed by atoms with van der Waals surface area (Å²) in [6, 6.07) is 3.59. The molecule has 124 valence electrons. The molecule has 1 saturated heterocycles. The Morgan fingerprint density at radius 2 is 2.00 bits per heavy atom. The molecule has 1 fully saturated rings. The van der Waals surface area contributed by atoms with Crippen LogP contribution in [-0.2, 0) is 11.3 Å². The fraction of sp³-hybridized carbons (Fsp3) is 0.562. The lowest BCUT2D eigenvalue weighted by Crippen LogP contribution is -2.51. The minimum absolute atomic E-state index is 0.204. The first-order valence-electron chi connectivity index (χ1n) is 7.82. The van der Waals surface area contributed by atoms with Gasteiger partial charge in [0.25, 0.3) is 0 Å². The van der Waals surface area contributed by atoms with Gasteiger partial charge in [-0.25, -0.2) is 0 Å². The highest BCUT2D eigenvalue weighted by Gasteiger charge is 2.30. The van der Waals surface area contributed by atoms with E-state index in [-0.39, 0.29) is 11.3 Å². The summed E-state index contributed by atoms with van der Waals surface area (Å²) >= 11 is 0. The van der Waals surface area contributed by atoms with Crippen LogP contribution < -0.4 is 0 Å². The molecule has 1 aliphatic rings. The second kappa shape index (κ2) is 6.16. The number of piperazine rings is 1. The summed E-state index contributed by atoms with van der Waals surface area (Å²) in [5, 5.41) is 3.93. The molecule has 0 aliphatic carbocycles. The normalized spacial score (nSPS) is 16.7. The van der Waals surface area contributed by atoms with Crippen molar-refractivity contribution in [3.63, 3.8) is 0 Å². The first kappa shape index (κ1) is 15.7. The lowest BCUT2D eigenvalue weighted by molar-refractivity contribution is -0.141. The molecule has 3 rings (SSSR count). The zero-order valence-electron chi connectivity index (χ0n) is 13.8. The number of carbonyl (C=O) groups excluding carboxylic acids is 1. The largest absolute Gasteiger partial charge is 0.461 e. The number of carbonyl (C=O) groups is 1. The summed E-state index contributed by atoms with van der Waals surface area (Å²) in [6.45, 7) is 9.53. The third-order valence-electron chi connectivity index (χ3n) is 3.87. The van der Waals surface area contributed by atoms with Gasteiger partial charge >= 0.3 is 0 Å². The van der Waals surface area contributed by atoms with E-state index in [1.165, 1.54) is 0 Å². The van der Waals surface area contributed by atoms with E-state index >= 15 is 0 Å². The Bertz CT molecular complexity index is 649. The van der Waals surface area contributed by atoms with Gasteiger partial charge < -0.3 is 13.8 Å². The number of aromatic nitrogens is 2. The Balaban J connectivity index is 1.54. The number of nitrogens with zero attached hydrogens (tertiary/aromatic N) is 4. The SMILES string of the molecule is CC(C)(C)C(=O)N1CCN(Cc2nc(-c3ccco3)no2)CC1. The average molecular weight is 318 g/mol. The lowest BCUT2D eigenvalue weighted by atomic mass is 9.94. The van der Waals surface area contributed by atoms with Gasteiger partial charge in [0.2, 0.25) is 17.6 Å². The molecular formula is C16H22N4O3. The van der Waals surface area contributed by atoms with Gasteiger partial charge in [-0.3, -0.25) is 9.69 Å². The summed E-state index contributed by atoms with van der Waals surface area (Å²) in [6.07, 6.45) is 1.58. The molecule has 0 atom stereocenters. The Morgan fingerprint density at radius 3 is 2.61 bits per heavy atom. The molecule has 3 heterocycles. The molecule has 0 radical (unpaired) electrons. The first-order chi connectivity index (χ1) is 10.9. The van der Waals surface area contributed by atoms with Gasteiger partial charge in [0.05, 0.1) is 12.8 Å². The van der Waals surface area contributed by atoms with Crippen LogP contribution in [0.15, 0.2) is 27.3 Å². The first-order valence-corrected chi connectivity index (χ1v) is 7.82. The molecule has 7 nitrogen and oxygen atoms in total. The molecular weight excluding hydrogens is 296 g/mol. The van der Waals surface area contributed by atoms with Crippen LogP contribution in [0.3, 0.4) is 0 Å². The molecule has 0 bridgehead atoms. The van der Waals surface area contributed by atoms with Gasteiger partial charge in [-0.1, -0.05) is 25.9 Å². The van der Waals surface area contributed by atoms with Gasteiger partial charge in [0.15, 0.2) is 5.76 Å².